The molecule has 1 rings (SSSR count). The van der Waals surface area contributed by atoms with Gasteiger partial charge in [-0.2, -0.15) is 0 Å². The number of hydrogen-bond donors (Lipinski definition) is 0. The topological polar surface area (TPSA) is 0 Å². The number of hydrogen-bond acceptors (Lipinski definition) is 0. The second-order valence-electron chi connectivity index (χ2n) is 10.7. The van der Waals surface area contributed by atoms with Crippen LogP contribution in [0.3, 0.4) is 0 Å². The minimum Gasteiger partial charge on any atom is -0.0654 e. The summed E-state index contributed by atoms with van der Waals surface area (Å²) in [5.74, 6) is 1.10. The van der Waals surface area contributed by atoms with Crippen molar-refractivity contribution < 1.29 is 0 Å². The fraction of sp³-hybridized carbons (Fsp3) is 1.00. The van der Waals surface area contributed by atoms with Gasteiger partial charge in [0.05, 0.1) is 0 Å². The Balaban J connectivity index is 1.63. The van der Waals surface area contributed by atoms with Gasteiger partial charge in [0, 0.05) is 0 Å². The van der Waals surface area contributed by atoms with Crippen LogP contribution in [-0.2, 0) is 0 Å². The van der Waals surface area contributed by atoms with Gasteiger partial charge in [0.2, 0.25) is 0 Å². The first kappa shape index (κ1) is 28.0. The lowest BCUT2D eigenvalue weighted by Gasteiger charge is -2.21. The molecule has 180 valence electrons. The molecule has 0 aromatic heterocycles. The van der Waals surface area contributed by atoms with Crippen molar-refractivity contribution in [3.8, 4) is 0 Å². The lowest BCUT2D eigenvalue weighted by Crippen LogP contribution is -2.05. The maximum absolute atomic E-state index is 2.31. The zero-order valence-corrected chi connectivity index (χ0v) is 21.4. The Hall–Kier alpha value is 0. The van der Waals surface area contributed by atoms with Gasteiger partial charge in [-0.05, 0) is 5.92 Å². The van der Waals surface area contributed by atoms with Gasteiger partial charge < -0.3 is 0 Å². The lowest BCUT2D eigenvalue weighted by molar-refractivity contribution is 0.328. The zero-order valence-electron chi connectivity index (χ0n) is 21.4. The standard InChI is InChI=1S/C30H60/c1-2-3-4-5-6-7-8-9-10-11-12-13-14-15-16-17-18-19-20-21-22-24-27-30-28-25-23-26-29-30/h30H,2-29H2,1H3. The normalized spacial score (nSPS) is 15.1. The smallest absolute Gasteiger partial charge is 0.0414 e. The maximum Gasteiger partial charge on any atom is -0.0414 e. The first-order valence-corrected chi connectivity index (χ1v) is 14.9. The summed E-state index contributed by atoms with van der Waals surface area (Å²) in [7, 11) is 0. The first-order chi connectivity index (χ1) is 14.9. The molecule has 1 aliphatic carbocycles. The molecule has 0 aliphatic heterocycles. The minimum atomic E-state index is 1.10. The third-order valence-corrected chi connectivity index (χ3v) is 7.69. The number of rotatable bonds is 23. The van der Waals surface area contributed by atoms with E-state index in [1.807, 2.05) is 0 Å². The van der Waals surface area contributed by atoms with Crippen molar-refractivity contribution in [1.82, 2.24) is 0 Å². The lowest BCUT2D eigenvalue weighted by atomic mass is 9.85. The SMILES string of the molecule is CCCCCCCCCCCCCCCCCCCCCCCCC1CCCCC1. The molecule has 0 heterocycles. The molecule has 0 bridgehead atoms. The van der Waals surface area contributed by atoms with E-state index in [-0.39, 0.29) is 0 Å². The fourth-order valence-corrected chi connectivity index (χ4v) is 5.52. The van der Waals surface area contributed by atoms with E-state index in [0.717, 1.165) is 5.92 Å². The van der Waals surface area contributed by atoms with Crippen LogP contribution in [0.5, 0.6) is 0 Å². The van der Waals surface area contributed by atoms with Gasteiger partial charge in [0.15, 0.2) is 0 Å². The molecule has 0 spiro atoms. The quantitative estimate of drug-likeness (QED) is 0.144. The van der Waals surface area contributed by atoms with Gasteiger partial charge in [0.25, 0.3) is 0 Å². The molecular formula is C30H60. The highest BCUT2D eigenvalue weighted by atomic mass is 14.2. The van der Waals surface area contributed by atoms with Gasteiger partial charge >= 0.3 is 0 Å². The molecule has 0 aromatic carbocycles. The van der Waals surface area contributed by atoms with E-state index in [4.69, 9.17) is 0 Å². The molecule has 0 N–H and O–H groups in total. The van der Waals surface area contributed by atoms with Crippen LogP contribution in [0.15, 0.2) is 0 Å². The van der Waals surface area contributed by atoms with Crippen molar-refractivity contribution >= 4 is 0 Å². The summed E-state index contributed by atoms with van der Waals surface area (Å²) in [4.78, 5) is 0. The second-order valence-corrected chi connectivity index (χ2v) is 10.7. The predicted molar refractivity (Wildman–Crippen MR) is 138 cm³/mol. The summed E-state index contributed by atoms with van der Waals surface area (Å²) in [5.41, 5.74) is 0. The minimum absolute atomic E-state index is 1.10. The highest BCUT2D eigenvalue weighted by molar-refractivity contribution is 4.65. The molecule has 0 nitrogen and oxygen atoms in total. The predicted octanol–water partition coefficient (Wildman–Crippen LogP) is 11.6. The Labute approximate surface area is 192 Å². The number of unbranched alkanes of at least 4 members (excludes halogenated alkanes) is 21. The van der Waals surface area contributed by atoms with Crippen LogP contribution in [0.4, 0.5) is 0 Å². The molecular weight excluding hydrogens is 360 g/mol. The van der Waals surface area contributed by atoms with E-state index in [1.165, 1.54) is 161 Å². The van der Waals surface area contributed by atoms with E-state index in [1.54, 1.807) is 19.3 Å². The molecule has 0 radical (unpaired) electrons. The summed E-state index contributed by atoms with van der Waals surface area (Å²) in [6.45, 7) is 2.31. The van der Waals surface area contributed by atoms with Crippen LogP contribution >= 0.6 is 0 Å². The summed E-state index contributed by atoms with van der Waals surface area (Å²) in [5, 5.41) is 0. The van der Waals surface area contributed by atoms with Crippen molar-refractivity contribution in [1.29, 1.82) is 0 Å². The van der Waals surface area contributed by atoms with Crippen LogP contribution in [0, 0.1) is 5.92 Å². The van der Waals surface area contributed by atoms with Crippen LogP contribution in [-0.4, -0.2) is 0 Å². The van der Waals surface area contributed by atoms with Crippen molar-refractivity contribution in [2.75, 3.05) is 0 Å². The summed E-state index contributed by atoms with van der Waals surface area (Å²) >= 11 is 0. The Morgan fingerprint density at radius 3 is 1.00 bits per heavy atom. The highest BCUT2D eigenvalue weighted by Crippen LogP contribution is 2.28. The van der Waals surface area contributed by atoms with Crippen molar-refractivity contribution in [2.24, 2.45) is 5.92 Å². The molecule has 1 aliphatic rings. The van der Waals surface area contributed by atoms with E-state index in [0.29, 0.717) is 0 Å². The molecule has 1 fully saturated rings. The van der Waals surface area contributed by atoms with Crippen LogP contribution < -0.4 is 0 Å². The third kappa shape index (κ3) is 19.9. The molecule has 0 heteroatoms. The molecule has 0 aromatic rings. The maximum atomic E-state index is 2.31. The molecule has 0 unspecified atom stereocenters. The van der Waals surface area contributed by atoms with Crippen molar-refractivity contribution in [3.63, 3.8) is 0 Å². The van der Waals surface area contributed by atoms with E-state index in [9.17, 15) is 0 Å². The summed E-state index contributed by atoms with van der Waals surface area (Å²) in [6, 6.07) is 0. The summed E-state index contributed by atoms with van der Waals surface area (Å²) < 4.78 is 0. The van der Waals surface area contributed by atoms with Gasteiger partial charge in [0.1, 0.15) is 0 Å². The largest absolute Gasteiger partial charge is 0.0654 e. The van der Waals surface area contributed by atoms with Gasteiger partial charge in [-0.3, -0.25) is 0 Å². The zero-order chi connectivity index (χ0) is 21.4. The molecule has 1 saturated carbocycles. The summed E-state index contributed by atoms with van der Waals surface area (Å²) in [6.07, 6.45) is 41.9. The second kappa shape index (κ2) is 23.7. The van der Waals surface area contributed by atoms with Crippen molar-refractivity contribution in [3.05, 3.63) is 0 Å². The highest BCUT2D eigenvalue weighted by Gasteiger charge is 2.12. The Morgan fingerprint density at radius 2 is 0.667 bits per heavy atom. The molecule has 0 atom stereocenters. The van der Waals surface area contributed by atoms with Crippen LogP contribution in [0.2, 0.25) is 0 Å². The Kier molecular flexibility index (Phi) is 22.1. The first-order valence-electron chi connectivity index (χ1n) is 14.9. The third-order valence-electron chi connectivity index (χ3n) is 7.69. The van der Waals surface area contributed by atoms with E-state index >= 15 is 0 Å². The van der Waals surface area contributed by atoms with Gasteiger partial charge in [-0.25, -0.2) is 0 Å². The average molecular weight is 421 g/mol. The van der Waals surface area contributed by atoms with E-state index in [2.05, 4.69) is 6.92 Å². The van der Waals surface area contributed by atoms with Crippen LogP contribution in [0.1, 0.15) is 187 Å². The van der Waals surface area contributed by atoms with Crippen LogP contribution in [0.25, 0.3) is 0 Å². The molecule has 0 saturated heterocycles. The van der Waals surface area contributed by atoms with Gasteiger partial charge in [-0.1, -0.05) is 187 Å². The van der Waals surface area contributed by atoms with Gasteiger partial charge in [-0.15, -0.1) is 0 Å². The average Bonchev–Trinajstić information content (AvgIpc) is 2.78. The Morgan fingerprint density at radius 1 is 0.367 bits per heavy atom. The Bertz CT molecular complexity index is 301. The van der Waals surface area contributed by atoms with Crippen molar-refractivity contribution in [2.45, 2.75) is 187 Å². The molecule has 0 amide bonds. The monoisotopic (exact) mass is 420 g/mol. The molecule has 30 heavy (non-hydrogen) atoms. The van der Waals surface area contributed by atoms with E-state index < -0.39 is 0 Å². The fourth-order valence-electron chi connectivity index (χ4n) is 5.52.